The Labute approximate surface area is 194 Å². The second-order valence-corrected chi connectivity index (χ2v) is 8.70. The fraction of sp³-hybridized carbons (Fsp3) is 0.318. The highest BCUT2D eigenvalue weighted by Gasteiger charge is 2.31. The molecule has 0 bridgehead atoms. The van der Waals surface area contributed by atoms with Crippen LogP contribution in [0.25, 0.3) is 11.1 Å². The Morgan fingerprint density at radius 1 is 1.09 bits per heavy atom. The molecule has 0 saturated heterocycles. The van der Waals surface area contributed by atoms with Gasteiger partial charge < -0.3 is 20.9 Å². The number of nitrogens with zero attached hydrogens (tertiary/aromatic N) is 4. The number of carbonyl (C=O) groups is 1. The van der Waals surface area contributed by atoms with Gasteiger partial charge in [0.15, 0.2) is 0 Å². The minimum atomic E-state index is -4.52. The molecule has 0 spiro atoms. The predicted molar refractivity (Wildman–Crippen MR) is 126 cm³/mol. The molecular weight excluding hydrogens is 453 g/mol. The minimum Gasteiger partial charge on any atom is -0.373 e. The molecule has 11 heteroatoms. The zero-order valence-electron chi connectivity index (χ0n) is 18.5. The highest BCUT2D eigenvalue weighted by atomic mass is 32.1. The molecule has 33 heavy (non-hydrogen) atoms. The lowest BCUT2D eigenvalue weighted by Crippen LogP contribution is -2.25. The van der Waals surface area contributed by atoms with Gasteiger partial charge in [0.1, 0.15) is 0 Å². The first-order valence-electron chi connectivity index (χ1n) is 10.1. The largest absolute Gasteiger partial charge is 0.416 e. The maximum absolute atomic E-state index is 13.3. The van der Waals surface area contributed by atoms with Crippen LogP contribution in [0.1, 0.15) is 21.7 Å². The molecule has 3 rings (SSSR count). The fourth-order valence-corrected chi connectivity index (χ4v) is 3.98. The summed E-state index contributed by atoms with van der Waals surface area (Å²) in [5.41, 5.74) is 6.69. The van der Waals surface area contributed by atoms with Crippen molar-refractivity contribution in [3.05, 3.63) is 52.5 Å². The smallest absolute Gasteiger partial charge is 0.373 e. The van der Waals surface area contributed by atoms with E-state index in [2.05, 4.69) is 15.3 Å². The molecule has 1 aromatic carbocycles. The van der Waals surface area contributed by atoms with Crippen LogP contribution in [0.4, 0.5) is 30.5 Å². The summed E-state index contributed by atoms with van der Waals surface area (Å²) in [6.45, 7) is 1.45. The zero-order valence-corrected chi connectivity index (χ0v) is 19.3. The van der Waals surface area contributed by atoms with Crippen LogP contribution >= 0.6 is 11.3 Å². The Bertz CT molecular complexity index is 1100. The number of rotatable bonds is 8. The zero-order chi connectivity index (χ0) is 24.2. The van der Waals surface area contributed by atoms with E-state index >= 15 is 0 Å². The Balaban J connectivity index is 1.84. The summed E-state index contributed by atoms with van der Waals surface area (Å²) in [6.07, 6.45) is -0.623. The third-order valence-electron chi connectivity index (χ3n) is 4.91. The Hall–Kier alpha value is -3.18. The van der Waals surface area contributed by atoms with Gasteiger partial charge in [-0.3, -0.25) is 4.79 Å². The molecule has 0 saturated carbocycles. The second-order valence-electron chi connectivity index (χ2n) is 7.79. The highest BCUT2D eigenvalue weighted by molar-refractivity contribution is 7.12. The first kappa shape index (κ1) is 24.5. The quantitative estimate of drug-likeness (QED) is 0.498. The molecule has 7 nitrogen and oxygen atoms in total. The number of nitrogens with two attached hydrogens (primary N) is 1. The summed E-state index contributed by atoms with van der Waals surface area (Å²) in [7, 11) is 5.70. The number of nitrogen functional groups attached to an aromatic ring is 1. The van der Waals surface area contributed by atoms with E-state index in [0.29, 0.717) is 22.7 Å². The third-order valence-corrected chi connectivity index (χ3v) is 5.84. The van der Waals surface area contributed by atoms with Crippen molar-refractivity contribution in [2.45, 2.75) is 12.6 Å². The van der Waals surface area contributed by atoms with Crippen molar-refractivity contribution < 1.29 is 18.0 Å². The van der Waals surface area contributed by atoms with Crippen LogP contribution in [0.5, 0.6) is 0 Å². The molecule has 0 unspecified atom stereocenters. The van der Waals surface area contributed by atoms with Crippen LogP contribution in [-0.4, -0.2) is 55.0 Å². The predicted octanol–water partition coefficient (Wildman–Crippen LogP) is 4.45. The fourth-order valence-electron chi connectivity index (χ4n) is 3.17. The average molecular weight is 479 g/mol. The number of thiophene rings is 1. The van der Waals surface area contributed by atoms with E-state index < -0.39 is 17.6 Å². The van der Waals surface area contributed by atoms with Gasteiger partial charge in [0, 0.05) is 31.5 Å². The van der Waals surface area contributed by atoms with Crippen molar-refractivity contribution in [1.29, 1.82) is 0 Å². The number of anilines is 3. The maximum Gasteiger partial charge on any atom is 0.416 e. The van der Waals surface area contributed by atoms with Crippen LogP contribution in [-0.2, 0) is 6.18 Å². The summed E-state index contributed by atoms with van der Waals surface area (Å²) in [6, 6.07) is 5.03. The van der Waals surface area contributed by atoms with Gasteiger partial charge in [-0.15, -0.1) is 11.3 Å². The molecule has 3 N–H and O–H groups in total. The summed E-state index contributed by atoms with van der Waals surface area (Å²) < 4.78 is 40.0. The molecule has 0 aliphatic carbocycles. The number of nitrogens with one attached hydrogen (secondary N) is 1. The topological polar surface area (TPSA) is 87.4 Å². The number of alkyl halides is 3. The standard InChI is InChI=1S/C22H25F3N6OS/c1-30(2)7-4-8-31(3)18-6-5-16(22(23,24)25)10-17(18)29-20(32)19-9-14(13-33-19)15-11-27-21(26)28-12-15/h5-6,9-13H,4,7-8H2,1-3H3,(H,29,32)(H2,26,27,28). The van der Waals surface area contributed by atoms with Gasteiger partial charge in [-0.25, -0.2) is 9.97 Å². The number of benzene rings is 1. The molecule has 0 fully saturated rings. The molecule has 0 radical (unpaired) electrons. The van der Waals surface area contributed by atoms with Gasteiger partial charge in [-0.1, -0.05) is 0 Å². The Morgan fingerprint density at radius 3 is 2.42 bits per heavy atom. The number of hydrogen-bond acceptors (Lipinski definition) is 7. The van der Waals surface area contributed by atoms with Crippen molar-refractivity contribution in [1.82, 2.24) is 14.9 Å². The third kappa shape index (κ3) is 6.42. The molecule has 3 aromatic rings. The minimum absolute atomic E-state index is 0.105. The van der Waals surface area contributed by atoms with Crippen molar-refractivity contribution in [2.75, 3.05) is 50.2 Å². The number of aromatic nitrogens is 2. The first-order valence-corrected chi connectivity index (χ1v) is 11.0. The summed E-state index contributed by atoms with van der Waals surface area (Å²) in [5.74, 6) is -0.358. The molecule has 0 aliphatic heterocycles. The van der Waals surface area contributed by atoms with Crippen LogP contribution in [0.3, 0.4) is 0 Å². The number of amides is 1. The highest BCUT2D eigenvalue weighted by Crippen LogP contribution is 2.36. The van der Waals surface area contributed by atoms with Crippen molar-refractivity contribution in [3.63, 3.8) is 0 Å². The van der Waals surface area contributed by atoms with Gasteiger partial charge >= 0.3 is 6.18 Å². The van der Waals surface area contributed by atoms with Crippen molar-refractivity contribution in [3.8, 4) is 11.1 Å². The number of hydrogen-bond donors (Lipinski definition) is 2. The monoisotopic (exact) mass is 478 g/mol. The molecule has 0 atom stereocenters. The normalized spacial score (nSPS) is 11.6. The summed E-state index contributed by atoms with van der Waals surface area (Å²) in [5, 5.41) is 4.42. The number of halogens is 3. The second kappa shape index (κ2) is 10.2. The molecule has 2 heterocycles. The van der Waals surface area contributed by atoms with Gasteiger partial charge in [-0.05, 0) is 62.3 Å². The van der Waals surface area contributed by atoms with Gasteiger partial charge in [-0.2, -0.15) is 13.2 Å². The maximum atomic E-state index is 13.3. The first-order chi connectivity index (χ1) is 15.5. The Kier molecular flexibility index (Phi) is 7.54. The van der Waals surface area contributed by atoms with Crippen LogP contribution in [0.2, 0.25) is 0 Å². The Morgan fingerprint density at radius 2 is 1.79 bits per heavy atom. The van der Waals surface area contributed by atoms with E-state index in [1.54, 1.807) is 30.9 Å². The molecule has 2 aromatic heterocycles. The van der Waals surface area contributed by atoms with Gasteiger partial charge in [0.25, 0.3) is 5.91 Å². The lowest BCUT2D eigenvalue weighted by molar-refractivity contribution is -0.137. The summed E-state index contributed by atoms with van der Waals surface area (Å²) in [4.78, 5) is 25.0. The van der Waals surface area contributed by atoms with E-state index in [9.17, 15) is 18.0 Å². The van der Waals surface area contributed by atoms with E-state index in [4.69, 9.17) is 5.73 Å². The van der Waals surface area contributed by atoms with Crippen LogP contribution in [0, 0.1) is 0 Å². The van der Waals surface area contributed by atoms with Crippen LogP contribution < -0.4 is 16.0 Å². The number of carbonyl (C=O) groups excluding carboxylic acids is 1. The van der Waals surface area contributed by atoms with Crippen LogP contribution in [0.15, 0.2) is 42.0 Å². The molecule has 176 valence electrons. The molecule has 0 aliphatic rings. The van der Waals surface area contributed by atoms with Gasteiger partial charge in [0.2, 0.25) is 5.95 Å². The van der Waals surface area contributed by atoms with E-state index in [0.717, 1.165) is 30.7 Å². The molecular formula is C22H25F3N6OS. The average Bonchev–Trinajstić information content (AvgIpc) is 3.23. The van der Waals surface area contributed by atoms with E-state index in [1.165, 1.54) is 17.4 Å². The van der Waals surface area contributed by atoms with Crippen molar-refractivity contribution in [2.24, 2.45) is 0 Å². The van der Waals surface area contributed by atoms with Crippen molar-refractivity contribution >= 4 is 34.6 Å². The van der Waals surface area contributed by atoms with E-state index in [1.807, 2.05) is 23.9 Å². The lowest BCUT2D eigenvalue weighted by atomic mass is 10.1. The SMILES string of the molecule is CN(C)CCCN(C)c1ccc(C(F)(F)F)cc1NC(=O)c1cc(-c2cnc(N)nc2)cs1. The van der Waals surface area contributed by atoms with Gasteiger partial charge in [0.05, 0.1) is 21.8 Å². The lowest BCUT2D eigenvalue weighted by Gasteiger charge is -2.24. The van der Waals surface area contributed by atoms with E-state index in [-0.39, 0.29) is 11.6 Å². The summed E-state index contributed by atoms with van der Waals surface area (Å²) >= 11 is 1.18. The molecule has 1 amide bonds.